The van der Waals surface area contributed by atoms with Crippen molar-refractivity contribution >= 4 is 46.5 Å². The third-order valence-corrected chi connectivity index (χ3v) is 7.03. The molecule has 8 heteroatoms. The highest BCUT2D eigenvalue weighted by molar-refractivity contribution is 8.03. The number of amides is 1. The molecule has 1 aromatic heterocycles. The standard InChI is InChI=1S/C17H22N4OS3/c1-3-23-16-18-19-17(25-16)24-12-15(22)21-9-7-20(8-10-21)14-6-4-5-13(2)11-14/h4-6,11H,3,7-10,12H2,1-2H3. The molecule has 0 aliphatic carbocycles. The second kappa shape index (κ2) is 8.91. The van der Waals surface area contributed by atoms with Gasteiger partial charge >= 0.3 is 0 Å². The van der Waals surface area contributed by atoms with E-state index in [0.717, 1.165) is 40.6 Å². The Morgan fingerprint density at radius 3 is 2.56 bits per heavy atom. The Morgan fingerprint density at radius 1 is 1.16 bits per heavy atom. The zero-order valence-electron chi connectivity index (χ0n) is 14.5. The van der Waals surface area contributed by atoms with Crippen molar-refractivity contribution < 1.29 is 4.79 Å². The van der Waals surface area contributed by atoms with Gasteiger partial charge < -0.3 is 9.80 Å². The smallest absolute Gasteiger partial charge is 0.233 e. The predicted octanol–water partition coefficient (Wildman–Crippen LogP) is 3.40. The third kappa shape index (κ3) is 5.12. The van der Waals surface area contributed by atoms with Gasteiger partial charge in [-0.15, -0.1) is 10.2 Å². The lowest BCUT2D eigenvalue weighted by atomic mass is 10.2. The quantitative estimate of drug-likeness (QED) is 0.700. The summed E-state index contributed by atoms with van der Waals surface area (Å²) in [5.74, 6) is 1.62. The van der Waals surface area contributed by atoms with Crippen LogP contribution < -0.4 is 4.90 Å². The van der Waals surface area contributed by atoms with Crippen LogP contribution in [0.5, 0.6) is 0 Å². The Morgan fingerprint density at radius 2 is 1.88 bits per heavy atom. The summed E-state index contributed by atoms with van der Waals surface area (Å²) in [5.41, 5.74) is 2.52. The Kier molecular flexibility index (Phi) is 6.61. The summed E-state index contributed by atoms with van der Waals surface area (Å²) >= 11 is 4.75. The molecule has 1 saturated heterocycles. The van der Waals surface area contributed by atoms with Crippen LogP contribution in [0.15, 0.2) is 32.9 Å². The number of rotatable bonds is 6. The molecule has 0 atom stereocenters. The fourth-order valence-corrected chi connectivity index (χ4v) is 5.51. The van der Waals surface area contributed by atoms with Gasteiger partial charge in [-0.05, 0) is 30.4 Å². The minimum absolute atomic E-state index is 0.189. The third-order valence-electron chi connectivity index (χ3n) is 3.97. The van der Waals surface area contributed by atoms with Crippen LogP contribution >= 0.6 is 34.9 Å². The number of aromatic nitrogens is 2. The van der Waals surface area contributed by atoms with Crippen LogP contribution in [0.1, 0.15) is 12.5 Å². The number of thioether (sulfide) groups is 2. The second-order valence-electron chi connectivity index (χ2n) is 5.76. The van der Waals surface area contributed by atoms with Crippen molar-refractivity contribution in [3.8, 4) is 0 Å². The number of nitrogens with zero attached hydrogens (tertiary/aromatic N) is 4. The molecule has 134 valence electrons. The SMILES string of the molecule is CCSc1nnc(SCC(=O)N2CCN(c3cccc(C)c3)CC2)s1. The Bertz CT molecular complexity index is 713. The van der Waals surface area contributed by atoms with Crippen molar-refractivity contribution in [1.29, 1.82) is 0 Å². The average Bonchev–Trinajstić information content (AvgIpc) is 3.08. The second-order valence-corrected chi connectivity index (χ2v) is 9.47. The van der Waals surface area contributed by atoms with Gasteiger partial charge in [-0.3, -0.25) is 4.79 Å². The molecule has 1 aromatic carbocycles. The number of aryl methyl sites for hydroxylation is 1. The molecule has 0 N–H and O–H groups in total. The van der Waals surface area contributed by atoms with Crippen molar-refractivity contribution in [3.63, 3.8) is 0 Å². The van der Waals surface area contributed by atoms with Crippen molar-refractivity contribution in [2.75, 3.05) is 42.6 Å². The van der Waals surface area contributed by atoms with Gasteiger partial charge in [0.1, 0.15) is 0 Å². The van der Waals surface area contributed by atoms with Crippen molar-refractivity contribution in [2.45, 2.75) is 22.5 Å². The van der Waals surface area contributed by atoms with Gasteiger partial charge in [0.15, 0.2) is 8.68 Å². The van der Waals surface area contributed by atoms with E-state index in [1.54, 1.807) is 23.1 Å². The van der Waals surface area contributed by atoms with E-state index in [4.69, 9.17) is 0 Å². The zero-order valence-corrected chi connectivity index (χ0v) is 16.9. The molecule has 1 fully saturated rings. The van der Waals surface area contributed by atoms with Crippen LogP contribution in [-0.4, -0.2) is 58.7 Å². The van der Waals surface area contributed by atoms with Gasteiger partial charge in [-0.25, -0.2) is 0 Å². The van der Waals surface area contributed by atoms with Crippen LogP contribution in [-0.2, 0) is 4.79 Å². The number of carbonyl (C=O) groups excluding carboxylic acids is 1. The molecule has 1 aliphatic heterocycles. The molecule has 3 rings (SSSR count). The van der Waals surface area contributed by atoms with E-state index < -0.39 is 0 Å². The molecular weight excluding hydrogens is 372 g/mol. The number of benzene rings is 1. The maximum atomic E-state index is 12.4. The lowest BCUT2D eigenvalue weighted by Gasteiger charge is -2.36. The summed E-state index contributed by atoms with van der Waals surface area (Å²) in [5, 5.41) is 8.27. The van der Waals surface area contributed by atoms with E-state index >= 15 is 0 Å². The number of carbonyl (C=O) groups is 1. The van der Waals surface area contributed by atoms with Crippen LogP contribution in [0.2, 0.25) is 0 Å². The van der Waals surface area contributed by atoms with Gasteiger partial charge in [-0.1, -0.05) is 53.9 Å². The van der Waals surface area contributed by atoms with E-state index in [0.29, 0.717) is 5.75 Å². The first-order chi connectivity index (χ1) is 12.2. The fraction of sp³-hybridized carbons (Fsp3) is 0.471. The lowest BCUT2D eigenvalue weighted by Crippen LogP contribution is -2.49. The van der Waals surface area contributed by atoms with Gasteiger partial charge in [0.25, 0.3) is 0 Å². The molecule has 0 radical (unpaired) electrons. The van der Waals surface area contributed by atoms with Crippen molar-refractivity contribution in [1.82, 2.24) is 15.1 Å². The van der Waals surface area contributed by atoms with E-state index in [2.05, 4.69) is 53.2 Å². The van der Waals surface area contributed by atoms with Gasteiger partial charge in [0.05, 0.1) is 5.75 Å². The summed E-state index contributed by atoms with van der Waals surface area (Å²) in [7, 11) is 0. The number of hydrogen-bond donors (Lipinski definition) is 0. The number of hydrogen-bond acceptors (Lipinski definition) is 7. The van der Waals surface area contributed by atoms with Gasteiger partial charge in [-0.2, -0.15) is 0 Å². The average molecular weight is 395 g/mol. The summed E-state index contributed by atoms with van der Waals surface area (Å²) < 4.78 is 1.85. The molecule has 1 aliphatic rings. The topological polar surface area (TPSA) is 49.3 Å². The molecule has 2 aromatic rings. The van der Waals surface area contributed by atoms with Crippen LogP contribution in [0.3, 0.4) is 0 Å². The fourth-order valence-electron chi connectivity index (χ4n) is 2.69. The highest BCUT2D eigenvalue weighted by atomic mass is 32.2. The first-order valence-corrected chi connectivity index (χ1v) is 11.1. The highest BCUT2D eigenvalue weighted by Crippen LogP contribution is 2.28. The summed E-state index contributed by atoms with van der Waals surface area (Å²) in [4.78, 5) is 16.7. The van der Waals surface area contributed by atoms with Gasteiger partial charge in [0, 0.05) is 31.9 Å². The maximum Gasteiger partial charge on any atom is 0.233 e. The van der Waals surface area contributed by atoms with Crippen LogP contribution in [0, 0.1) is 6.92 Å². The molecule has 2 heterocycles. The van der Waals surface area contributed by atoms with Crippen LogP contribution in [0.25, 0.3) is 0 Å². The monoisotopic (exact) mass is 394 g/mol. The van der Waals surface area contributed by atoms with E-state index in [1.807, 2.05) is 4.90 Å². The number of piperazine rings is 1. The molecule has 0 saturated carbocycles. The summed E-state index contributed by atoms with van der Waals surface area (Å²) in [6.07, 6.45) is 0. The zero-order chi connectivity index (χ0) is 17.6. The molecule has 0 spiro atoms. The minimum Gasteiger partial charge on any atom is -0.368 e. The van der Waals surface area contributed by atoms with E-state index in [1.165, 1.54) is 23.0 Å². The minimum atomic E-state index is 0.189. The molecule has 0 unspecified atom stereocenters. The Hall–Kier alpha value is -1.25. The largest absolute Gasteiger partial charge is 0.368 e. The van der Waals surface area contributed by atoms with E-state index in [-0.39, 0.29) is 5.91 Å². The van der Waals surface area contributed by atoms with Crippen molar-refractivity contribution in [3.05, 3.63) is 29.8 Å². The molecule has 0 bridgehead atoms. The maximum absolute atomic E-state index is 12.4. The van der Waals surface area contributed by atoms with Crippen molar-refractivity contribution in [2.24, 2.45) is 0 Å². The normalized spacial score (nSPS) is 14.8. The van der Waals surface area contributed by atoms with Gasteiger partial charge in [0.2, 0.25) is 5.91 Å². The first kappa shape index (κ1) is 18.5. The summed E-state index contributed by atoms with van der Waals surface area (Å²) in [6.45, 7) is 7.53. The lowest BCUT2D eigenvalue weighted by molar-refractivity contribution is -0.128. The Labute approximate surface area is 161 Å². The van der Waals surface area contributed by atoms with E-state index in [9.17, 15) is 4.79 Å². The van der Waals surface area contributed by atoms with Crippen LogP contribution in [0.4, 0.5) is 5.69 Å². The molecular formula is C17H22N4OS3. The number of anilines is 1. The summed E-state index contributed by atoms with van der Waals surface area (Å²) in [6, 6.07) is 8.54. The molecule has 25 heavy (non-hydrogen) atoms. The molecule has 5 nitrogen and oxygen atoms in total. The predicted molar refractivity (Wildman–Crippen MR) is 107 cm³/mol. The molecule has 1 amide bonds. The highest BCUT2D eigenvalue weighted by Gasteiger charge is 2.21. The Balaban J connectivity index is 1.46. The first-order valence-electron chi connectivity index (χ1n) is 8.34.